The lowest BCUT2D eigenvalue weighted by Gasteiger charge is -2.19. The number of nitrogens with zero attached hydrogens (tertiary/aromatic N) is 2. The third-order valence-corrected chi connectivity index (χ3v) is 4.32. The zero-order valence-electron chi connectivity index (χ0n) is 15.2. The SMILES string of the molecule is CCC1(C)NC(=O)N(CC(=O)OC(C)C(=O)Nc2ccccc2C#N)C1=O. The lowest BCUT2D eigenvalue weighted by atomic mass is 9.99. The van der Waals surface area contributed by atoms with Crippen molar-refractivity contribution in [2.24, 2.45) is 0 Å². The number of nitriles is 1. The van der Waals surface area contributed by atoms with E-state index >= 15 is 0 Å². The summed E-state index contributed by atoms with van der Waals surface area (Å²) in [6.45, 7) is 4.07. The molecule has 0 saturated carbocycles. The van der Waals surface area contributed by atoms with Crippen LogP contribution in [-0.4, -0.2) is 46.9 Å². The topological polar surface area (TPSA) is 129 Å². The Labute approximate surface area is 156 Å². The van der Waals surface area contributed by atoms with Gasteiger partial charge in [0.2, 0.25) is 0 Å². The van der Waals surface area contributed by atoms with Crippen LogP contribution in [-0.2, 0) is 19.1 Å². The Morgan fingerprint density at radius 3 is 2.63 bits per heavy atom. The van der Waals surface area contributed by atoms with Crippen molar-refractivity contribution in [1.82, 2.24) is 10.2 Å². The maximum Gasteiger partial charge on any atom is 0.327 e. The van der Waals surface area contributed by atoms with Crippen molar-refractivity contribution < 1.29 is 23.9 Å². The summed E-state index contributed by atoms with van der Waals surface area (Å²) in [5, 5.41) is 14.1. The second kappa shape index (κ2) is 7.86. The molecule has 0 aliphatic carbocycles. The van der Waals surface area contributed by atoms with E-state index in [9.17, 15) is 19.2 Å². The standard InChI is InChI=1S/C18H20N4O5/c1-4-18(3)16(25)22(17(26)21-18)10-14(23)27-11(2)15(24)20-13-8-6-5-7-12(13)9-19/h5-8,11H,4,10H2,1-3H3,(H,20,24)(H,21,26). The number of ether oxygens (including phenoxy) is 1. The Balaban J connectivity index is 1.95. The molecular weight excluding hydrogens is 352 g/mol. The molecule has 0 spiro atoms. The zero-order chi connectivity index (χ0) is 20.2. The minimum atomic E-state index is -1.18. The number of hydrogen-bond donors (Lipinski definition) is 2. The third kappa shape index (κ3) is 4.23. The van der Waals surface area contributed by atoms with Gasteiger partial charge in [0.05, 0.1) is 11.3 Å². The summed E-state index contributed by atoms with van der Waals surface area (Å²) in [6.07, 6.45) is -0.803. The van der Waals surface area contributed by atoms with Gasteiger partial charge in [0.25, 0.3) is 11.8 Å². The molecule has 0 bridgehead atoms. The molecule has 2 rings (SSSR count). The number of para-hydroxylation sites is 1. The van der Waals surface area contributed by atoms with Gasteiger partial charge in [0.15, 0.2) is 6.10 Å². The summed E-state index contributed by atoms with van der Waals surface area (Å²) < 4.78 is 5.01. The Morgan fingerprint density at radius 1 is 1.37 bits per heavy atom. The van der Waals surface area contributed by atoms with Crippen LogP contribution in [0.5, 0.6) is 0 Å². The first-order chi connectivity index (χ1) is 12.7. The number of carbonyl (C=O) groups is 4. The van der Waals surface area contributed by atoms with Crippen LogP contribution in [0, 0.1) is 11.3 Å². The molecular formula is C18H20N4O5. The van der Waals surface area contributed by atoms with Gasteiger partial charge in [-0.25, -0.2) is 4.79 Å². The van der Waals surface area contributed by atoms with Crippen LogP contribution in [0.2, 0.25) is 0 Å². The van der Waals surface area contributed by atoms with Crippen molar-refractivity contribution in [3.8, 4) is 6.07 Å². The maximum absolute atomic E-state index is 12.3. The number of benzene rings is 1. The fourth-order valence-electron chi connectivity index (χ4n) is 2.47. The highest BCUT2D eigenvalue weighted by atomic mass is 16.5. The second-order valence-electron chi connectivity index (χ2n) is 6.29. The van der Waals surface area contributed by atoms with Crippen LogP contribution in [0.25, 0.3) is 0 Å². The number of amides is 4. The molecule has 1 aliphatic heterocycles. The Morgan fingerprint density at radius 2 is 2.04 bits per heavy atom. The molecule has 0 aromatic heterocycles. The van der Waals surface area contributed by atoms with E-state index in [2.05, 4.69) is 10.6 Å². The highest BCUT2D eigenvalue weighted by molar-refractivity contribution is 6.08. The predicted molar refractivity (Wildman–Crippen MR) is 94.3 cm³/mol. The summed E-state index contributed by atoms with van der Waals surface area (Å²) in [4.78, 5) is 49.2. The van der Waals surface area contributed by atoms with Gasteiger partial charge in [-0.3, -0.25) is 19.3 Å². The predicted octanol–water partition coefficient (Wildman–Crippen LogP) is 1.15. The number of nitrogens with one attached hydrogen (secondary N) is 2. The zero-order valence-corrected chi connectivity index (χ0v) is 15.2. The van der Waals surface area contributed by atoms with E-state index in [0.717, 1.165) is 4.90 Å². The van der Waals surface area contributed by atoms with Gasteiger partial charge in [-0.1, -0.05) is 19.1 Å². The average Bonchev–Trinajstić information content (AvgIpc) is 2.85. The van der Waals surface area contributed by atoms with Gasteiger partial charge in [-0.05, 0) is 32.4 Å². The van der Waals surface area contributed by atoms with Crippen LogP contribution in [0.1, 0.15) is 32.8 Å². The molecule has 1 heterocycles. The van der Waals surface area contributed by atoms with Crippen molar-refractivity contribution in [2.45, 2.75) is 38.8 Å². The van der Waals surface area contributed by atoms with E-state index in [0.29, 0.717) is 12.1 Å². The van der Waals surface area contributed by atoms with Crippen molar-refractivity contribution in [2.75, 3.05) is 11.9 Å². The van der Waals surface area contributed by atoms with Crippen molar-refractivity contribution in [3.63, 3.8) is 0 Å². The van der Waals surface area contributed by atoms with E-state index in [-0.39, 0.29) is 5.56 Å². The third-order valence-electron chi connectivity index (χ3n) is 4.32. The second-order valence-corrected chi connectivity index (χ2v) is 6.29. The average molecular weight is 372 g/mol. The highest BCUT2D eigenvalue weighted by Crippen LogP contribution is 2.20. The number of carbonyl (C=O) groups excluding carboxylic acids is 4. The quantitative estimate of drug-likeness (QED) is 0.569. The number of esters is 1. The minimum absolute atomic E-state index is 0.266. The van der Waals surface area contributed by atoms with Gasteiger partial charge in [0, 0.05) is 0 Å². The van der Waals surface area contributed by atoms with Crippen molar-refractivity contribution in [3.05, 3.63) is 29.8 Å². The Bertz CT molecular complexity index is 831. The lowest BCUT2D eigenvalue weighted by Crippen LogP contribution is -2.44. The van der Waals surface area contributed by atoms with Crippen LogP contribution in [0.4, 0.5) is 10.5 Å². The number of imide groups is 1. The summed E-state index contributed by atoms with van der Waals surface area (Å²) in [5.41, 5.74) is -0.496. The molecule has 2 atom stereocenters. The van der Waals surface area contributed by atoms with E-state index < -0.39 is 42.0 Å². The van der Waals surface area contributed by atoms with E-state index in [1.54, 1.807) is 32.0 Å². The summed E-state index contributed by atoms with van der Waals surface area (Å²) in [5.74, 6) is -2.05. The van der Waals surface area contributed by atoms with Gasteiger partial charge in [-0.2, -0.15) is 5.26 Å². The fourth-order valence-corrected chi connectivity index (χ4v) is 2.47. The molecule has 1 fully saturated rings. The first-order valence-electron chi connectivity index (χ1n) is 8.35. The van der Waals surface area contributed by atoms with E-state index in [1.165, 1.54) is 13.0 Å². The number of rotatable bonds is 6. The Hall–Kier alpha value is -3.41. The number of hydrogen-bond acceptors (Lipinski definition) is 6. The molecule has 0 radical (unpaired) electrons. The summed E-state index contributed by atoms with van der Waals surface area (Å²) in [6, 6.07) is 7.64. The molecule has 2 unspecified atom stereocenters. The van der Waals surface area contributed by atoms with Gasteiger partial charge < -0.3 is 15.4 Å². The smallest absolute Gasteiger partial charge is 0.327 e. The Kier molecular flexibility index (Phi) is 5.80. The van der Waals surface area contributed by atoms with Gasteiger partial charge in [0.1, 0.15) is 18.2 Å². The largest absolute Gasteiger partial charge is 0.451 e. The molecule has 1 saturated heterocycles. The molecule has 1 aromatic rings. The minimum Gasteiger partial charge on any atom is -0.451 e. The fraction of sp³-hybridized carbons (Fsp3) is 0.389. The van der Waals surface area contributed by atoms with Crippen LogP contribution in [0.3, 0.4) is 0 Å². The van der Waals surface area contributed by atoms with Crippen LogP contribution in [0.15, 0.2) is 24.3 Å². The molecule has 142 valence electrons. The molecule has 9 heteroatoms. The van der Waals surface area contributed by atoms with Crippen LogP contribution >= 0.6 is 0 Å². The van der Waals surface area contributed by atoms with Crippen molar-refractivity contribution >= 4 is 29.5 Å². The maximum atomic E-state index is 12.3. The first kappa shape index (κ1) is 19.9. The van der Waals surface area contributed by atoms with E-state index in [1.807, 2.05) is 6.07 Å². The molecule has 27 heavy (non-hydrogen) atoms. The summed E-state index contributed by atoms with van der Waals surface area (Å²) >= 11 is 0. The molecule has 1 aromatic carbocycles. The number of urea groups is 1. The lowest BCUT2D eigenvalue weighted by molar-refractivity contribution is -0.155. The first-order valence-corrected chi connectivity index (χ1v) is 8.35. The highest BCUT2D eigenvalue weighted by Gasteiger charge is 2.47. The summed E-state index contributed by atoms with van der Waals surface area (Å²) in [7, 11) is 0. The van der Waals surface area contributed by atoms with Crippen molar-refractivity contribution in [1.29, 1.82) is 5.26 Å². The van der Waals surface area contributed by atoms with Gasteiger partial charge in [-0.15, -0.1) is 0 Å². The molecule has 4 amide bonds. The van der Waals surface area contributed by atoms with Gasteiger partial charge >= 0.3 is 12.0 Å². The molecule has 9 nitrogen and oxygen atoms in total. The van der Waals surface area contributed by atoms with Crippen LogP contribution < -0.4 is 10.6 Å². The monoisotopic (exact) mass is 372 g/mol. The normalized spacial score (nSPS) is 19.9. The number of anilines is 1. The molecule has 1 aliphatic rings. The van der Waals surface area contributed by atoms with E-state index in [4.69, 9.17) is 10.00 Å². The molecule has 2 N–H and O–H groups in total.